The van der Waals surface area contributed by atoms with Crippen molar-refractivity contribution in [2.24, 2.45) is 5.92 Å². The van der Waals surface area contributed by atoms with E-state index in [1.807, 2.05) is 0 Å². The van der Waals surface area contributed by atoms with E-state index in [-0.39, 0.29) is 24.5 Å². The van der Waals surface area contributed by atoms with Gasteiger partial charge < -0.3 is 19.7 Å². The van der Waals surface area contributed by atoms with Gasteiger partial charge >= 0.3 is 6.36 Å². The minimum Gasteiger partial charge on any atom is -0.493 e. The zero-order chi connectivity index (χ0) is 24.4. The van der Waals surface area contributed by atoms with Crippen molar-refractivity contribution >= 4 is 10.0 Å². The number of nitrogens with zero attached hydrogens (tertiary/aromatic N) is 3. The average Bonchev–Trinajstić information content (AvgIpc) is 3.09. The Labute approximate surface area is 185 Å². The number of rotatable bonds is 7. The molecule has 1 fully saturated rings. The lowest BCUT2D eigenvalue weighted by molar-refractivity contribution is -0.274. The molecule has 2 N–H and O–H groups in total. The standard InChI is InChI=1S/C19H17F4N3O6S/c20-16-5-14(2-1-12(16)6-24)31-9-13-8-26(10-18(13,28)11-27)33(29,30)17-4-3-15(7-25-17)32-19(21,22)23/h1-5,7,13,27-28H,8-11H2/t13-,18-/m1/s1. The van der Waals surface area contributed by atoms with Crippen molar-refractivity contribution in [3.8, 4) is 17.6 Å². The predicted octanol–water partition coefficient (Wildman–Crippen LogP) is 1.41. The van der Waals surface area contributed by atoms with Crippen LogP contribution >= 0.6 is 0 Å². The van der Waals surface area contributed by atoms with Gasteiger partial charge in [0.1, 0.15) is 29.0 Å². The van der Waals surface area contributed by atoms with Crippen LogP contribution in [0.4, 0.5) is 17.6 Å². The number of aliphatic hydroxyl groups excluding tert-OH is 1. The van der Waals surface area contributed by atoms with Crippen LogP contribution in [0.3, 0.4) is 0 Å². The second-order valence-corrected chi connectivity index (χ2v) is 9.09. The van der Waals surface area contributed by atoms with Crippen molar-refractivity contribution in [1.82, 2.24) is 9.29 Å². The van der Waals surface area contributed by atoms with Crippen molar-refractivity contribution < 1.29 is 45.7 Å². The van der Waals surface area contributed by atoms with Gasteiger partial charge in [0.05, 0.1) is 25.0 Å². The molecule has 0 aliphatic carbocycles. The molecule has 178 valence electrons. The highest BCUT2D eigenvalue weighted by Gasteiger charge is 2.49. The van der Waals surface area contributed by atoms with Gasteiger partial charge in [0, 0.05) is 25.1 Å². The lowest BCUT2D eigenvalue weighted by Crippen LogP contribution is -2.44. The summed E-state index contributed by atoms with van der Waals surface area (Å²) in [5.74, 6) is -2.46. The van der Waals surface area contributed by atoms with Gasteiger partial charge in [-0.15, -0.1) is 13.2 Å². The molecule has 0 unspecified atom stereocenters. The molecule has 2 heterocycles. The SMILES string of the molecule is N#Cc1ccc(OC[C@H]2CN(S(=O)(=O)c3ccc(OC(F)(F)F)cn3)C[C@@]2(O)CO)cc1F. The number of β-amino-alcohol motifs (C(OH)–C–C–N with tert-alkyl or cyclic N) is 1. The molecule has 0 amide bonds. The molecule has 9 nitrogen and oxygen atoms in total. The Hall–Kier alpha value is -2.99. The summed E-state index contributed by atoms with van der Waals surface area (Å²) in [5, 5.41) is 28.5. The third kappa shape index (κ3) is 5.50. The highest BCUT2D eigenvalue weighted by molar-refractivity contribution is 7.89. The summed E-state index contributed by atoms with van der Waals surface area (Å²) < 4.78 is 86.1. The largest absolute Gasteiger partial charge is 0.573 e. The summed E-state index contributed by atoms with van der Waals surface area (Å²) in [5.41, 5.74) is -2.11. The van der Waals surface area contributed by atoms with Crippen LogP contribution in [-0.4, -0.2) is 66.2 Å². The molecule has 1 aliphatic rings. The number of halogens is 4. The molecule has 2 atom stereocenters. The van der Waals surface area contributed by atoms with E-state index >= 15 is 0 Å². The van der Waals surface area contributed by atoms with Crippen LogP contribution in [0.1, 0.15) is 5.56 Å². The molecular formula is C19H17F4N3O6S. The molecule has 1 aromatic heterocycles. The molecule has 2 aromatic rings. The van der Waals surface area contributed by atoms with E-state index in [1.165, 1.54) is 12.1 Å². The van der Waals surface area contributed by atoms with Gasteiger partial charge in [0.2, 0.25) is 0 Å². The van der Waals surface area contributed by atoms with E-state index in [2.05, 4.69) is 9.72 Å². The fraction of sp³-hybridized carbons (Fsp3) is 0.368. The second-order valence-electron chi connectivity index (χ2n) is 7.20. The molecule has 0 radical (unpaired) electrons. The summed E-state index contributed by atoms with van der Waals surface area (Å²) in [6, 6.07) is 6.70. The molecule has 0 saturated carbocycles. The number of aromatic nitrogens is 1. The second kappa shape index (κ2) is 9.10. The molecule has 33 heavy (non-hydrogen) atoms. The Balaban J connectivity index is 1.74. The number of alkyl halides is 3. The number of nitriles is 1. The third-order valence-corrected chi connectivity index (χ3v) is 6.70. The Morgan fingerprint density at radius 3 is 2.52 bits per heavy atom. The Morgan fingerprint density at radius 2 is 1.97 bits per heavy atom. The first-order chi connectivity index (χ1) is 15.4. The van der Waals surface area contributed by atoms with Crippen molar-refractivity contribution in [3.05, 3.63) is 47.9 Å². The third-order valence-electron chi connectivity index (χ3n) is 4.97. The minimum atomic E-state index is -4.97. The van der Waals surface area contributed by atoms with Gasteiger partial charge in [0.25, 0.3) is 10.0 Å². The highest BCUT2D eigenvalue weighted by atomic mass is 32.2. The minimum absolute atomic E-state index is 0.0232. The van der Waals surface area contributed by atoms with Crippen molar-refractivity contribution in [3.63, 3.8) is 0 Å². The summed E-state index contributed by atoms with van der Waals surface area (Å²) in [6.07, 6.45) is -4.38. The van der Waals surface area contributed by atoms with Crippen LogP contribution in [0.2, 0.25) is 0 Å². The number of hydrogen-bond donors (Lipinski definition) is 2. The zero-order valence-corrected chi connectivity index (χ0v) is 17.5. The maximum Gasteiger partial charge on any atom is 0.573 e. The van der Waals surface area contributed by atoms with Gasteiger partial charge in [-0.25, -0.2) is 17.8 Å². The number of benzene rings is 1. The summed E-state index contributed by atoms with van der Waals surface area (Å²) >= 11 is 0. The van der Waals surface area contributed by atoms with Crippen LogP contribution < -0.4 is 9.47 Å². The molecule has 0 spiro atoms. The molecule has 1 saturated heterocycles. The molecule has 1 aliphatic heterocycles. The fourth-order valence-electron chi connectivity index (χ4n) is 3.20. The first kappa shape index (κ1) is 24.6. The molecule has 0 bridgehead atoms. The predicted molar refractivity (Wildman–Crippen MR) is 102 cm³/mol. The summed E-state index contributed by atoms with van der Waals surface area (Å²) in [7, 11) is -4.35. The Bertz CT molecular complexity index is 1150. The lowest BCUT2D eigenvalue weighted by Gasteiger charge is -2.26. The lowest BCUT2D eigenvalue weighted by atomic mass is 9.92. The number of ether oxygens (including phenoxy) is 2. The van der Waals surface area contributed by atoms with Gasteiger partial charge in [-0.2, -0.15) is 9.57 Å². The van der Waals surface area contributed by atoms with Crippen LogP contribution in [0.5, 0.6) is 11.5 Å². The zero-order valence-electron chi connectivity index (χ0n) is 16.7. The van der Waals surface area contributed by atoms with Crippen LogP contribution in [0.15, 0.2) is 41.6 Å². The van der Waals surface area contributed by atoms with E-state index in [9.17, 15) is 36.2 Å². The topological polar surface area (TPSA) is 133 Å². The van der Waals surface area contributed by atoms with E-state index in [0.29, 0.717) is 6.20 Å². The van der Waals surface area contributed by atoms with Crippen molar-refractivity contribution in [2.75, 3.05) is 26.3 Å². The van der Waals surface area contributed by atoms with Crippen LogP contribution in [0.25, 0.3) is 0 Å². The van der Waals surface area contributed by atoms with Crippen LogP contribution in [-0.2, 0) is 10.0 Å². The maximum atomic E-state index is 13.7. The maximum absolute atomic E-state index is 13.7. The number of aliphatic hydroxyl groups is 2. The molecule has 1 aromatic carbocycles. The number of sulfonamides is 1. The highest BCUT2D eigenvalue weighted by Crippen LogP contribution is 2.33. The van der Waals surface area contributed by atoms with Gasteiger partial charge in [-0.1, -0.05) is 0 Å². The fourth-order valence-corrected chi connectivity index (χ4v) is 4.66. The van der Waals surface area contributed by atoms with Gasteiger partial charge in [-0.05, 0) is 24.3 Å². The first-order valence-corrected chi connectivity index (χ1v) is 10.7. The van der Waals surface area contributed by atoms with Crippen molar-refractivity contribution in [1.29, 1.82) is 5.26 Å². The average molecular weight is 491 g/mol. The molecule has 14 heteroatoms. The molecular weight excluding hydrogens is 474 g/mol. The summed E-state index contributed by atoms with van der Waals surface area (Å²) in [6.45, 7) is -1.98. The van der Waals surface area contributed by atoms with E-state index < -0.39 is 57.6 Å². The first-order valence-electron chi connectivity index (χ1n) is 9.25. The Morgan fingerprint density at radius 1 is 1.27 bits per heavy atom. The normalized spacial score (nSPS) is 21.5. The van der Waals surface area contributed by atoms with Crippen LogP contribution in [0, 0.1) is 23.1 Å². The number of hydrogen-bond acceptors (Lipinski definition) is 8. The van der Waals surface area contributed by atoms with Crippen molar-refractivity contribution in [2.45, 2.75) is 17.0 Å². The van der Waals surface area contributed by atoms with E-state index in [1.54, 1.807) is 6.07 Å². The van der Waals surface area contributed by atoms with E-state index in [0.717, 1.165) is 22.5 Å². The smallest absolute Gasteiger partial charge is 0.493 e. The summed E-state index contributed by atoms with van der Waals surface area (Å²) in [4.78, 5) is 3.50. The van der Waals surface area contributed by atoms with Gasteiger partial charge in [-0.3, -0.25) is 0 Å². The van der Waals surface area contributed by atoms with Gasteiger partial charge in [0.15, 0.2) is 5.03 Å². The van der Waals surface area contributed by atoms with E-state index in [4.69, 9.17) is 10.00 Å². The monoisotopic (exact) mass is 491 g/mol. The molecule has 3 rings (SSSR count). The Kier molecular flexibility index (Phi) is 6.80. The quantitative estimate of drug-likeness (QED) is 0.556. The number of pyridine rings is 1.